The van der Waals surface area contributed by atoms with Gasteiger partial charge in [0.2, 0.25) is 0 Å². The zero-order chi connectivity index (χ0) is 14.7. The molecule has 2 aromatic rings. The van der Waals surface area contributed by atoms with E-state index >= 15 is 0 Å². The predicted molar refractivity (Wildman–Crippen MR) is 92.9 cm³/mol. The Morgan fingerprint density at radius 1 is 1.25 bits per heavy atom. The molecule has 0 radical (unpaired) electrons. The highest BCUT2D eigenvalue weighted by molar-refractivity contribution is 14.1. The molecule has 1 unspecified atom stereocenters. The van der Waals surface area contributed by atoms with Crippen LogP contribution in [0.25, 0.3) is 0 Å². The molecule has 2 rings (SSSR count). The van der Waals surface area contributed by atoms with E-state index in [0.29, 0.717) is 0 Å². The van der Waals surface area contributed by atoms with Crippen LogP contribution < -0.4 is 10.5 Å². The molecule has 2 N–H and O–H groups in total. The fraction of sp³-hybridized carbons (Fsp3) is 0.267. The van der Waals surface area contributed by atoms with Gasteiger partial charge in [0.15, 0.2) is 0 Å². The highest BCUT2D eigenvalue weighted by Gasteiger charge is 2.14. The van der Waals surface area contributed by atoms with Crippen molar-refractivity contribution in [3.63, 3.8) is 0 Å². The van der Waals surface area contributed by atoms with Gasteiger partial charge in [-0.05, 0) is 71.8 Å². The first kappa shape index (κ1) is 15.7. The zero-order valence-corrected chi connectivity index (χ0v) is 15.1. The van der Waals surface area contributed by atoms with E-state index in [1.165, 1.54) is 0 Å². The van der Waals surface area contributed by atoms with E-state index in [1.807, 2.05) is 38.1 Å². The van der Waals surface area contributed by atoms with Gasteiger partial charge in [-0.2, -0.15) is 0 Å². The third-order valence-electron chi connectivity index (χ3n) is 2.76. The normalized spacial score (nSPS) is 12.5. The molecule has 1 heterocycles. The molecule has 5 heteroatoms. The van der Waals surface area contributed by atoms with Crippen LogP contribution in [0.2, 0.25) is 0 Å². The van der Waals surface area contributed by atoms with Crippen molar-refractivity contribution in [2.45, 2.75) is 26.0 Å². The van der Waals surface area contributed by atoms with Crippen molar-refractivity contribution < 1.29 is 4.74 Å². The second-order valence-corrected chi connectivity index (χ2v) is 6.84. The highest BCUT2D eigenvalue weighted by atomic mass is 127. The van der Waals surface area contributed by atoms with Gasteiger partial charge in [0.25, 0.3) is 0 Å². The number of nitrogens with zero attached hydrogens (tertiary/aromatic N) is 1. The maximum Gasteiger partial charge on any atom is 0.138 e. The van der Waals surface area contributed by atoms with Gasteiger partial charge in [-0.1, -0.05) is 15.9 Å². The van der Waals surface area contributed by atoms with E-state index in [0.717, 1.165) is 24.9 Å². The Morgan fingerprint density at radius 3 is 2.70 bits per heavy atom. The van der Waals surface area contributed by atoms with Gasteiger partial charge >= 0.3 is 0 Å². The van der Waals surface area contributed by atoms with Crippen LogP contribution in [0.5, 0.6) is 5.75 Å². The molecule has 20 heavy (non-hydrogen) atoms. The van der Waals surface area contributed by atoms with E-state index in [-0.39, 0.29) is 12.1 Å². The average molecular weight is 447 g/mol. The summed E-state index contributed by atoms with van der Waals surface area (Å²) in [5.74, 6) is 0.748. The number of hydrogen-bond donors (Lipinski definition) is 1. The van der Waals surface area contributed by atoms with Crippen LogP contribution in [-0.2, 0) is 0 Å². The van der Waals surface area contributed by atoms with Gasteiger partial charge in [0.1, 0.15) is 5.75 Å². The molecule has 0 saturated heterocycles. The summed E-state index contributed by atoms with van der Waals surface area (Å²) in [6.07, 6.45) is 3.62. The van der Waals surface area contributed by atoms with Crippen molar-refractivity contribution in [3.8, 4) is 5.75 Å². The number of halogens is 2. The standard InChI is InChI=1S/C15H16BrIN2O/c1-9(2)20-12-5-10(7-19-8-12)15(18)13-6-11(16)3-4-14(13)17/h3-9,15H,18H2,1-2H3. The molecule has 0 saturated carbocycles. The molecule has 3 nitrogen and oxygen atoms in total. The Balaban J connectivity index is 2.33. The predicted octanol–water partition coefficient (Wildman–Crippen LogP) is 4.28. The second kappa shape index (κ2) is 6.87. The largest absolute Gasteiger partial charge is 0.489 e. The summed E-state index contributed by atoms with van der Waals surface area (Å²) in [7, 11) is 0. The Hall–Kier alpha value is -0.660. The Kier molecular flexibility index (Phi) is 5.40. The molecule has 0 aliphatic rings. The molecular formula is C15H16BrIN2O. The van der Waals surface area contributed by atoms with E-state index in [2.05, 4.69) is 43.5 Å². The molecule has 0 amide bonds. The van der Waals surface area contributed by atoms with E-state index in [4.69, 9.17) is 10.5 Å². The molecule has 0 aliphatic carbocycles. The summed E-state index contributed by atoms with van der Waals surface area (Å²) in [5, 5.41) is 0. The number of pyridine rings is 1. The van der Waals surface area contributed by atoms with Crippen LogP contribution in [0.3, 0.4) is 0 Å². The first-order chi connectivity index (χ1) is 9.47. The Bertz CT molecular complexity index is 604. The number of benzene rings is 1. The fourth-order valence-corrected chi connectivity index (χ4v) is 2.92. The Morgan fingerprint density at radius 2 is 2.00 bits per heavy atom. The molecule has 0 bridgehead atoms. The molecule has 1 aromatic heterocycles. The zero-order valence-electron chi connectivity index (χ0n) is 11.3. The van der Waals surface area contributed by atoms with Crippen molar-refractivity contribution in [2.24, 2.45) is 5.73 Å². The van der Waals surface area contributed by atoms with Crippen molar-refractivity contribution in [1.82, 2.24) is 4.98 Å². The number of rotatable bonds is 4. The second-order valence-electron chi connectivity index (χ2n) is 4.76. The lowest BCUT2D eigenvalue weighted by Gasteiger charge is -2.16. The van der Waals surface area contributed by atoms with Crippen LogP contribution in [0.4, 0.5) is 0 Å². The van der Waals surface area contributed by atoms with Gasteiger partial charge in [-0.15, -0.1) is 0 Å². The first-order valence-electron chi connectivity index (χ1n) is 6.29. The first-order valence-corrected chi connectivity index (χ1v) is 8.16. The number of hydrogen-bond acceptors (Lipinski definition) is 3. The summed E-state index contributed by atoms with van der Waals surface area (Å²) in [6.45, 7) is 3.98. The summed E-state index contributed by atoms with van der Waals surface area (Å²) >= 11 is 5.78. The molecule has 106 valence electrons. The molecule has 0 spiro atoms. The van der Waals surface area contributed by atoms with Gasteiger partial charge in [-0.25, -0.2) is 0 Å². The molecular weight excluding hydrogens is 431 g/mol. The summed E-state index contributed by atoms with van der Waals surface area (Å²) in [6, 6.07) is 7.83. The van der Waals surface area contributed by atoms with Crippen LogP contribution in [0, 0.1) is 3.57 Å². The minimum atomic E-state index is -0.220. The average Bonchev–Trinajstić information content (AvgIpc) is 2.40. The van der Waals surface area contributed by atoms with Crippen LogP contribution >= 0.6 is 38.5 Å². The molecule has 1 aromatic carbocycles. The number of aromatic nitrogens is 1. The summed E-state index contributed by atoms with van der Waals surface area (Å²) in [5.41, 5.74) is 8.38. The number of nitrogens with two attached hydrogens (primary N) is 1. The summed E-state index contributed by atoms with van der Waals surface area (Å²) < 4.78 is 7.82. The van der Waals surface area contributed by atoms with E-state index < -0.39 is 0 Å². The van der Waals surface area contributed by atoms with Crippen molar-refractivity contribution >= 4 is 38.5 Å². The third kappa shape index (κ3) is 3.93. The topological polar surface area (TPSA) is 48.1 Å². The van der Waals surface area contributed by atoms with Crippen molar-refractivity contribution in [3.05, 3.63) is 55.8 Å². The summed E-state index contributed by atoms with van der Waals surface area (Å²) in [4.78, 5) is 4.22. The van der Waals surface area contributed by atoms with Crippen molar-refractivity contribution in [2.75, 3.05) is 0 Å². The maximum atomic E-state index is 6.36. The van der Waals surface area contributed by atoms with E-state index in [9.17, 15) is 0 Å². The monoisotopic (exact) mass is 446 g/mol. The van der Waals surface area contributed by atoms with Gasteiger partial charge in [0, 0.05) is 14.2 Å². The molecule has 1 atom stereocenters. The molecule has 0 fully saturated rings. The highest BCUT2D eigenvalue weighted by Crippen LogP contribution is 2.28. The maximum absolute atomic E-state index is 6.36. The SMILES string of the molecule is CC(C)Oc1cncc(C(N)c2cc(Br)ccc2I)c1. The smallest absolute Gasteiger partial charge is 0.138 e. The van der Waals surface area contributed by atoms with Gasteiger partial charge < -0.3 is 10.5 Å². The minimum Gasteiger partial charge on any atom is -0.489 e. The third-order valence-corrected chi connectivity index (χ3v) is 4.23. The molecule has 0 aliphatic heterocycles. The lowest BCUT2D eigenvalue weighted by atomic mass is 10.0. The fourth-order valence-electron chi connectivity index (χ4n) is 1.87. The lowest BCUT2D eigenvalue weighted by molar-refractivity contribution is 0.241. The number of ether oxygens (including phenoxy) is 1. The van der Waals surface area contributed by atoms with Gasteiger partial charge in [-0.3, -0.25) is 4.98 Å². The van der Waals surface area contributed by atoms with Crippen LogP contribution in [0.1, 0.15) is 31.0 Å². The minimum absolute atomic E-state index is 0.120. The van der Waals surface area contributed by atoms with Crippen LogP contribution in [-0.4, -0.2) is 11.1 Å². The Labute approximate surface area is 141 Å². The van der Waals surface area contributed by atoms with E-state index in [1.54, 1.807) is 12.4 Å². The van der Waals surface area contributed by atoms with Crippen LogP contribution in [0.15, 0.2) is 41.1 Å². The lowest BCUT2D eigenvalue weighted by Crippen LogP contribution is -2.14. The van der Waals surface area contributed by atoms with Crippen molar-refractivity contribution in [1.29, 1.82) is 0 Å². The van der Waals surface area contributed by atoms with Gasteiger partial charge in [0.05, 0.1) is 18.3 Å². The quantitative estimate of drug-likeness (QED) is 0.713.